The molecule has 0 unspecified atom stereocenters. The third-order valence-corrected chi connectivity index (χ3v) is 6.34. The number of hydrogen-bond donors (Lipinski definition) is 1. The second kappa shape index (κ2) is 6.61. The molecule has 0 radical (unpaired) electrons. The van der Waals surface area contributed by atoms with E-state index in [1.807, 2.05) is 13.8 Å². The molecular formula is C17H17FN2O3S2. The van der Waals surface area contributed by atoms with Crippen LogP contribution >= 0.6 is 11.3 Å². The first-order chi connectivity index (χ1) is 11.8. The number of halogens is 1. The molecule has 3 rings (SSSR count). The number of allylic oxidation sites excluding steroid dienone is 1. The second-order valence-corrected chi connectivity index (χ2v) is 8.68. The van der Waals surface area contributed by atoms with Gasteiger partial charge < -0.3 is 5.32 Å². The molecule has 5 nitrogen and oxygen atoms in total. The Bertz CT molecular complexity index is 948. The van der Waals surface area contributed by atoms with E-state index < -0.39 is 21.6 Å². The van der Waals surface area contributed by atoms with Crippen molar-refractivity contribution < 1.29 is 17.6 Å². The lowest BCUT2D eigenvalue weighted by molar-refractivity contribution is 0.104. The number of anilines is 1. The number of nitrogens with one attached hydrogen (secondary N) is 1. The molecule has 0 saturated carbocycles. The predicted molar refractivity (Wildman–Crippen MR) is 96.5 cm³/mol. The van der Waals surface area contributed by atoms with Gasteiger partial charge >= 0.3 is 0 Å². The van der Waals surface area contributed by atoms with Crippen molar-refractivity contribution in [2.75, 3.05) is 4.31 Å². The lowest BCUT2D eigenvalue weighted by Crippen LogP contribution is -2.39. The van der Waals surface area contributed by atoms with Crippen LogP contribution in [0.3, 0.4) is 0 Å². The molecule has 1 aromatic carbocycles. The third kappa shape index (κ3) is 3.32. The van der Waals surface area contributed by atoms with Gasteiger partial charge in [0.2, 0.25) is 5.78 Å². The van der Waals surface area contributed by atoms with E-state index in [1.54, 1.807) is 17.5 Å². The van der Waals surface area contributed by atoms with Crippen LogP contribution in [0.25, 0.3) is 0 Å². The van der Waals surface area contributed by atoms with Gasteiger partial charge in [0.1, 0.15) is 10.7 Å². The molecule has 1 N–H and O–H groups in total. The monoisotopic (exact) mass is 380 g/mol. The van der Waals surface area contributed by atoms with E-state index in [4.69, 9.17) is 0 Å². The van der Waals surface area contributed by atoms with Gasteiger partial charge in [-0.1, -0.05) is 12.1 Å². The van der Waals surface area contributed by atoms with Gasteiger partial charge in [-0.25, -0.2) is 12.8 Å². The van der Waals surface area contributed by atoms with Crippen LogP contribution in [0.2, 0.25) is 0 Å². The van der Waals surface area contributed by atoms with Crippen LogP contribution in [0.1, 0.15) is 29.1 Å². The minimum absolute atomic E-state index is 0.0168. The van der Waals surface area contributed by atoms with Crippen LogP contribution in [0.15, 0.2) is 46.8 Å². The maximum atomic E-state index is 13.5. The SMILES string of the molecule is CC(C)NC=C1C(=O)c2sccc2N(Cc2cccc(F)c2)S1(=O)=O. The fourth-order valence-electron chi connectivity index (χ4n) is 2.50. The van der Waals surface area contributed by atoms with Crippen LogP contribution in [0.5, 0.6) is 0 Å². The summed E-state index contributed by atoms with van der Waals surface area (Å²) in [5.74, 6) is -0.959. The third-order valence-electron chi connectivity index (χ3n) is 3.67. The van der Waals surface area contributed by atoms with Crippen molar-refractivity contribution in [2.24, 2.45) is 0 Å². The lowest BCUT2D eigenvalue weighted by atomic mass is 10.2. The highest BCUT2D eigenvalue weighted by Gasteiger charge is 2.41. The Morgan fingerprint density at radius 3 is 2.76 bits per heavy atom. The van der Waals surface area contributed by atoms with Crippen molar-refractivity contribution in [3.05, 3.63) is 63.1 Å². The number of carbonyl (C=O) groups is 1. The number of hydrogen-bond acceptors (Lipinski definition) is 5. The largest absolute Gasteiger partial charge is 0.387 e. The van der Waals surface area contributed by atoms with E-state index in [1.165, 1.54) is 35.7 Å². The quantitative estimate of drug-likeness (QED) is 0.827. The summed E-state index contributed by atoms with van der Waals surface area (Å²) in [4.78, 5) is 12.7. The predicted octanol–water partition coefficient (Wildman–Crippen LogP) is 3.26. The molecule has 8 heteroatoms. The van der Waals surface area contributed by atoms with E-state index in [9.17, 15) is 17.6 Å². The average molecular weight is 380 g/mol. The van der Waals surface area contributed by atoms with Crippen molar-refractivity contribution in [2.45, 2.75) is 26.4 Å². The zero-order valence-electron chi connectivity index (χ0n) is 13.7. The molecule has 1 aromatic heterocycles. The zero-order chi connectivity index (χ0) is 18.2. The molecule has 0 atom stereocenters. The Kier molecular flexibility index (Phi) is 4.66. The van der Waals surface area contributed by atoms with Crippen LogP contribution < -0.4 is 9.62 Å². The molecule has 2 heterocycles. The number of nitrogens with zero attached hydrogens (tertiary/aromatic N) is 1. The van der Waals surface area contributed by atoms with Crippen LogP contribution in [-0.2, 0) is 16.6 Å². The Balaban J connectivity index is 2.09. The lowest BCUT2D eigenvalue weighted by Gasteiger charge is -2.29. The molecule has 0 spiro atoms. The van der Waals surface area contributed by atoms with Crippen molar-refractivity contribution in [3.8, 4) is 0 Å². The summed E-state index contributed by atoms with van der Waals surface area (Å²) >= 11 is 1.19. The molecule has 1 aliphatic rings. The molecule has 132 valence electrons. The molecule has 0 fully saturated rings. The van der Waals surface area contributed by atoms with E-state index in [2.05, 4.69) is 5.32 Å². The highest BCUT2D eigenvalue weighted by Crippen LogP contribution is 2.39. The first-order valence-electron chi connectivity index (χ1n) is 7.66. The minimum atomic E-state index is -4.04. The minimum Gasteiger partial charge on any atom is -0.387 e. The summed E-state index contributed by atoms with van der Waals surface area (Å²) in [5, 5.41) is 4.55. The normalized spacial score (nSPS) is 17.8. The number of benzene rings is 1. The number of fused-ring (bicyclic) bond motifs is 1. The van der Waals surface area contributed by atoms with Gasteiger partial charge in [0.05, 0.1) is 12.2 Å². The molecule has 0 amide bonds. The molecule has 0 bridgehead atoms. The second-order valence-electron chi connectivity index (χ2n) is 5.94. The summed E-state index contributed by atoms with van der Waals surface area (Å²) in [5.41, 5.74) is 0.840. The van der Waals surface area contributed by atoms with Crippen molar-refractivity contribution in [1.29, 1.82) is 0 Å². The molecule has 1 aliphatic heterocycles. The van der Waals surface area contributed by atoms with Gasteiger partial charge in [0.25, 0.3) is 10.0 Å². The smallest absolute Gasteiger partial charge is 0.270 e. The number of rotatable bonds is 4. The molecule has 0 saturated heterocycles. The fourth-order valence-corrected chi connectivity index (χ4v) is 4.99. The fraction of sp³-hybridized carbons (Fsp3) is 0.235. The number of Topliss-reactive ketones (excluding diaryl/α,β-unsaturated/α-hetero) is 1. The molecule has 25 heavy (non-hydrogen) atoms. The van der Waals surface area contributed by atoms with Gasteiger partial charge in [-0.2, -0.15) is 0 Å². The van der Waals surface area contributed by atoms with Crippen molar-refractivity contribution in [3.63, 3.8) is 0 Å². The Morgan fingerprint density at radius 2 is 2.08 bits per heavy atom. The molecule has 2 aromatic rings. The topological polar surface area (TPSA) is 66.5 Å². The Hall–Kier alpha value is -2.19. The number of carbonyl (C=O) groups excluding carboxylic acids is 1. The van der Waals surface area contributed by atoms with E-state index >= 15 is 0 Å². The summed E-state index contributed by atoms with van der Waals surface area (Å²) in [6, 6.07) is 7.34. The molecular weight excluding hydrogens is 363 g/mol. The first kappa shape index (κ1) is 17.6. The first-order valence-corrected chi connectivity index (χ1v) is 9.98. The maximum absolute atomic E-state index is 13.5. The van der Waals surface area contributed by atoms with Gasteiger partial charge in [-0.05, 0) is 43.0 Å². The van der Waals surface area contributed by atoms with Crippen molar-refractivity contribution in [1.82, 2.24) is 5.32 Å². The number of sulfonamides is 1. The summed E-state index contributed by atoms with van der Waals surface area (Å²) in [7, 11) is -4.04. The van der Waals surface area contributed by atoms with Crippen molar-refractivity contribution >= 4 is 32.8 Å². The Morgan fingerprint density at radius 1 is 1.32 bits per heavy atom. The van der Waals surface area contributed by atoms with Crippen LogP contribution in [0.4, 0.5) is 10.1 Å². The van der Waals surface area contributed by atoms with Gasteiger partial charge in [-0.3, -0.25) is 9.10 Å². The molecule has 0 aliphatic carbocycles. The van der Waals surface area contributed by atoms with E-state index in [0.717, 1.165) is 4.31 Å². The van der Waals surface area contributed by atoms with Gasteiger partial charge in [0, 0.05) is 12.2 Å². The Labute approximate surface area is 149 Å². The van der Waals surface area contributed by atoms with Crippen LogP contribution in [0, 0.1) is 5.82 Å². The van der Waals surface area contributed by atoms with Gasteiger partial charge in [-0.15, -0.1) is 11.3 Å². The standard InChI is InChI=1S/C17H17FN2O3S2/c1-11(2)19-9-15-16(21)17-14(6-7-24-17)20(25(15,22)23)10-12-4-3-5-13(18)8-12/h3-9,11,19H,10H2,1-2H3. The van der Waals surface area contributed by atoms with E-state index in [0.29, 0.717) is 16.1 Å². The number of ketones is 1. The summed E-state index contributed by atoms with van der Waals surface area (Å²) in [6.07, 6.45) is 1.25. The highest BCUT2D eigenvalue weighted by atomic mass is 32.2. The highest BCUT2D eigenvalue weighted by molar-refractivity contribution is 7.97. The summed E-state index contributed by atoms with van der Waals surface area (Å²) < 4.78 is 40.6. The number of thiophene rings is 1. The average Bonchev–Trinajstić information content (AvgIpc) is 3.00. The maximum Gasteiger partial charge on any atom is 0.270 e. The van der Waals surface area contributed by atoms with Gasteiger partial charge in [0.15, 0.2) is 4.91 Å². The van der Waals surface area contributed by atoms with Crippen LogP contribution in [-0.4, -0.2) is 20.2 Å². The zero-order valence-corrected chi connectivity index (χ0v) is 15.3. The summed E-state index contributed by atoms with van der Waals surface area (Å²) in [6.45, 7) is 3.65. The van der Waals surface area contributed by atoms with E-state index in [-0.39, 0.29) is 17.5 Å².